The number of rotatable bonds is 4. The molecule has 1 amide bonds. The number of anilines is 1. The van der Waals surface area contributed by atoms with E-state index in [0.29, 0.717) is 38.4 Å². The van der Waals surface area contributed by atoms with Gasteiger partial charge in [0, 0.05) is 48.6 Å². The van der Waals surface area contributed by atoms with Crippen molar-refractivity contribution in [3.63, 3.8) is 0 Å². The van der Waals surface area contributed by atoms with Gasteiger partial charge in [-0.05, 0) is 26.0 Å². The van der Waals surface area contributed by atoms with Crippen LogP contribution in [0, 0.1) is 0 Å². The van der Waals surface area contributed by atoms with Crippen LogP contribution in [0.2, 0.25) is 0 Å². The molecule has 1 fully saturated rings. The fourth-order valence-electron chi connectivity index (χ4n) is 4.99. The molecule has 0 radical (unpaired) electrons. The molecule has 5 rings (SSSR count). The van der Waals surface area contributed by atoms with Gasteiger partial charge in [-0.15, -0.1) is 11.3 Å². The number of piperazine rings is 1. The number of thiazole rings is 1. The molecule has 0 bridgehead atoms. The summed E-state index contributed by atoms with van der Waals surface area (Å²) < 4.78 is 38.6. The summed E-state index contributed by atoms with van der Waals surface area (Å²) in [6, 6.07) is 12.7. The summed E-state index contributed by atoms with van der Waals surface area (Å²) in [5.41, 5.74) is 1.95. The number of pyridine rings is 1. The fourth-order valence-corrected chi connectivity index (χ4v) is 6.12. The van der Waals surface area contributed by atoms with Crippen LogP contribution in [0.3, 0.4) is 0 Å². The number of hydrogen-bond acceptors (Lipinski definition) is 6. The van der Waals surface area contributed by atoms with Gasteiger partial charge in [0.05, 0.1) is 30.7 Å². The highest BCUT2D eigenvalue weighted by atomic mass is 32.1. The molecule has 6 nitrogen and oxygen atoms in total. The summed E-state index contributed by atoms with van der Waals surface area (Å²) in [6.45, 7) is 6.89. The summed E-state index contributed by atoms with van der Waals surface area (Å²) in [6.07, 6.45) is -2.41. The first kappa shape index (κ1) is 24.7. The first-order chi connectivity index (χ1) is 17.2. The maximum Gasteiger partial charge on any atom is 0.433 e. The standard InChI is InChI=1S/C26H28F3N5OS/c1-17-13-33(20-8-9-23(30-12-20)26(27,28)29)14-18(2)34(17)16-24(35)32-11-10-21-22(15-32)36-25(31-21)19-6-4-3-5-7-19/h3-9,12,17-18H,10-11,13-16H2,1-2H3/t17-,18+. The summed E-state index contributed by atoms with van der Waals surface area (Å²) in [5, 5.41) is 0.992. The second-order valence-electron chi connectivity index (χ2n) is 9.49. The van der Waals surface area contributed by atoms with E-state index in [4.69, 9.17) is 4.98 Å². The van der Waals surface area contributed by atoms with E-state index in [1.54, 1.807) is 11.3 Å². The Morgan fingerprint density at radius 3 is 2.44 bits per heavy atom. The zero-order valence-electron chi connectivity index (χ0n) is 20.2. The van der Waals surface area contributed by atoms with Gasteiger partial charge in [-0.2, -0.15) is 13.2 Å². The predicted molar refractivity (Wildman–Crippen MR) is 134 cm³/mol. The Labute approximate surface area is 212 Å². The van der Waals surface area contributed by atoms with E-state index in [1.807, 2.05) is 28.0 Å². The fraction of sp³-hybridized carbons (Fsp3) is 0.423. The van der Waals surface area contributed by atoms with Crippen LogP contribution in [0.1, 0.15) is 30.1 Å². The van der Waals surface area contributed by atoms with E-state index in [1.165, 1.54) is 12.3 Å². The summed E-state index contributed by atoms with van der Waals surface area (Å²) in [7, 11) is 0. The van der Waals surface area contributed by atoms with Crippen molar-refractivity contribution in [1.29, 1.82) is 0 Å². The van der Waals surface area contributed by atoms with Crippen LogP contribution in [-0.4, -0.2) is 63.9 Å². The van der Waals surface area contributed by atoms with E-state index in [9.17, 15) is 18.0 Å². The van der Waals surface area contributed by atoms with Gasteiger partial charge in [0.1, 0.15) is 10.7 Å². The van der Waals surface area contributed by atoms with Crippen molar-refractivity contribution in [2.45, 2.75) is 45.1 Å². The van der Waals surface area contributed by atoms with Crippen molar-refractivity contribution in [3.8, 4) is 10.6 Å². The second kappa shape index (κ2) is 9.82. The molecule has 36 heavy (non-hydrogen) atoms. The van der Waals surface area contributed by atoms with E-state index < -0.39 is 11.9 Å². The molecule has 2 aliphatic heterocycles. The van der Waals surface area contributed by atoms with Crippen LogP contribution in [0.25, 0.3) is 10.6 Å². The quantitative estimate of drug-likeness (QED) is 0.504. The molecular weight excluding hydrogens is 487 g/mol. The number of nitrogens with zero attached hydrogens (tertiary/aromatic N) is 5. The van der Waals surface area contributed by atoms with Gasteiger partial charge in [0.15, 0.2) is 0 Å². The molecular formula is C26H28F3N5OS. The van der Waals surface area contributed by atoms with Crippen molar-refractivity contribution in [2.75, 3.05) is 31.1 Å². The number of carbonyl (C=O) groups is 1. The predicted octanol–water partition coefficient (Wildman–Crippen LogP) is 4.71. The molecule has 0 unspecified atom stereocenters. The molecule has 10 heteroatoms. The lowest BCUT2D eigenvalue weighted by atomic mass is 10.1. The minimum Gasteiger partial charge on any atom is -0.367 e. The molecule has 1 aromatic carbocycles. The molecule has 4 heterocycles. The molecule has 1 saturated heterocycles. The SMILES string of the molecule is C[C@@H]1CN(c2ccc(C(F)(F)F)nc2)C[C@H](C)N1CC(=O)N1CCc2nc(-c3ccccc3)sc2C1. The van der Waals surface area contributed by atoms with Crippen molar-refractivity contribution >= 4 is 22.9 Å². The molecule has 0 N–H and O–H groups in total. The summed E-state index contributed by atoms with van der Waals surface area (Å²) in [4.78, 5) is 29.0. The van der Waals surface area contributed by atoms with Gasteiger partial charge < -0.3 is 9.80 Å². The van der Waals surface area contributed by atoms with Gasteiger partial charge >= 0.3 is 6.18 Å². The molecule has 0 saturated carbocycles. The van der Waals surface area contributed by atoms with E-state index in [2.05, 4.69) is 35.9 Å². The topological polar surface area (TPSA) is 52.6 Å². The number of benzene rings is 1. The zero-order valence-corrected chi connectivity index (χ0v) is 21.0. The van der Waals surface area contributed by atoms with Gasteiger partial charge in [0.25, 0.3) is 0 Å². The van der Waals surface area contributed by atoms with Crippen LogP contribution in [-0.2, 0) is 23.9 Å². The average Bonchev–Trinajstić information content (AvgIpc) is 3.30. The molecule has 2 aliphatic rings. The third kappa shape index (κ3) is 5.10. The second-order valence-corrected chi connectivity index (χ2v) is 10.6. The number of aromatic nitrogens is 2. The smallest absolute Gasteiger partial charge is 0.367 e. The van der Waals surface area contributed by atoms with Crippen LogP contribution in [0.4, 0.5) is 18.9 Å². The highest BCUT2D eigenvalue weighted by molar-refractivity contribution is 7.15. The number of hydrogen-bond donors (Lipinski definition) is 0. The van der Waals surface area contributed by atoms with Crippen molar-refractivity contribution in [3.05, 3.63) is 64.9 Å². The summed E-state index contributed by atoms with van der Waals surface area (Å²) in [5.74, 6) is 0.0960. The number of fused-ring (bicyclic) bond motifs is 1. The largest absolute Gasteiger partial charge is 0.433 e. The highest BCUT2D eigenvalue weighted by Crippen LogP contribution is 2.32. The third-order valence-corrected chi connectivity index (χ3v) is 8.06. The maximum atomic E-state index is 13.3. The molecule has 2 atom stereocenters. The van der Waals surface area contributed by atoms with E-state index in [-0.39, 0.29) is 18.0 Å². The molecule has 0 spiro atoms. The lowest BCUT2D eigenvalue weighted by molar-refractivity contribution is -0.141. The molecule has 3 aromatic rings. The van der Waals surface area contributed by atoms with Gasteiger partial charge in [-0.1, -0.05) is 30.3 Å². The van der Waals surface area contributed by atoms with Crippen molar-refractivity contribution < 1.29 is 18.0 Å². The number of carbonyl (C=O) groups excluding carboxylic acids is 1. The van der Waals surface area contributed by atoms with Crippen LogP contribution >= 0.6 is 11.3 Å². The number of alkyl halides is 3. The lowest BCUT2D eigenvalue weighted by Gasteiger charge is -2.45. The normalized spacial score (nSPS) is 20.9. The third-order valence-electron chi connectivity index (χ3n) is 6.93. The zero-order chi connectivity index (χ0) is 25.4. The molecule has 0 aliphatic carbocycles. The van der Waals surface area contributed by atoms with E-state index in [0.717, 1.165) is 33.6 Å². The number of amides is 1. The first-order valence-electron chi connectivity index (χ1n) is 12.0. The average molecular weight is 516 g/mol. The van der Waals surface area contributed by atoms with Crippen molar-refractivity contribution in [2.24, 2.45) is 0 Å². The van der Waals surface area contributed by atoms with Gasteiger partial charge in [-0.3, -0.25) is 9.69 Å². The monoisotopic (exact) mass is 515 g/mol. The first-order valence-corrected chi connectivity index (χ1v) is 12.9. The van der Waals surface area contributed by atoms with Gasteiger partial charge in [-0.25, -0.2) is 9.97 Å². The van der Waals surface area contributed by atoms with Crippen LogP contribution in [0.15, 0.2) is 48.7 Å². The Morgan fingerprint density at radius 2 is 1.81 bits per heavy atom. The van der Waals surface area contributed by atoms with Crippen molar-refractivity contribution in [1.82, 2.24) is 19.8 Å². The minimum absolute atomic E-state index is 0.0634. The number of halogens is 3. The summed E-state index contributed by atoms with van der Waals surface area (Å²) >= 11 is 1.66. The Balaban J connectivity index is 1.21. The van der Waals surface area contributed by atoms with E-state index >= 15 is 0 Å². The Kier molecular flexibility index (Phi) is 6.74. The van der Waals surface area contributed by atoms with Crippen LogP contribution < -0.4 is 4.90 Å². The minimum atomic E-state index is -4.45. The lowest BCUT2D eigenvalue weighted by Crippen LogP contribution is -2.59. The molecule has 190 valence electrons. The van der Waals surface area contributed by atoms with Gasteiger partial charge in [0.2, 0.25) is 5.91 Å². The molecule has 2 aromatic heterocycles. The van der Waals surface area contributed by atoms with Crippen LogP contribution in [0.5, 0.6) is 0 Å². The Bertz CT molecular complexity index is 1200. The Morgan fingerprint density at radius 1 is 1.08 bits per heavy atom. The maximum absolute atomic E-state index is 13.3. The highest BCUT2D eigenvalue weighted by Gasteiger charge is 2.35. The Hall–Kier alpha value is -2.98.